The van der Waals surface area contributed by atoms with Crippen molar-refractivity contribution < 1.29 is 19.1 Å². The van der Waals surface area contributed by atoms with E-state index in [0.717, 1.165) is 39.4 Å². The Balaban J connectivity index is 0.000000184. The second kappa shape index (κ2) is 18.9. The first-order chi connectivity index (χ1) is 23.9. The van der Waals surface area contributed by atoms with Crippen LogP contribution in [-0.2, 0) is 22.4 Å². The summed E-state index contributed by atoms with van der Waals surface area (Å²) < 4.78 is 10.6. The number of benzene rings is 4. The van der Waals surface area contributed by atoms with Gasteiger partial charge >= 0.3 is 0 Å². The van der Waals surface area contributed by atoms with Crippen LogP contribution in [0.15, 0.2) is 134 Å². The van der Waals surface area contributed by atoms with Gasteiger partial charge in [0.25, 0.3) is 0 Å². The SMILES string of the molecule is COc1ccccc1-c1cc(N)ncn1.COc1ccccc1-c1cc(NC(=O)Cc2ccccc2)ncn1.O=C(Cl)Cc1ccccc1. The van der Waals surface area contributed by atoms with Crippen molar-refractivity contribution in [1.82, 2.24) is 19.9 Å². The number of nitrogens with one attached hydrogen (secondary N) is 1. The maximum atomic E-state index is 12.2. The highest BCUT2D eigenvalue weighted by molar-refractivity contribution is 6.63. The fourth-order valence-corrected chi connectivity index (χ4v) is 4.68. The summed E-state index contributed by atoms with van der Waals surface area (Å²) in [6.45, 7) is 0. The minimum atomic E-state index is -0.314. The van der Waals surface area contributed by atoms with Gasteiger partial charge in [0, 0.05) is 29.7 Å². The van der Waals surface area contributed by atoms with Crippen LogP contribution >= 0.6 is 11.6 Å². The van der Waals surface area contributed by atoms with E-state index in [9.17, 15) is 9.59 Å². The predicted molar refractivity (Wildman–Crippen MR) is 192 cm³/mol. The van der Waals surface area contributed by atoms with Crippen LogP contribution in [0.1, 0.15) is 11.1 Å². The molecular formula is C38H35ClN6O4. The van der Waals surface area contributed by atoms with Gasteiger partial charge < -0.3 is 20.5 Å². The number of methoxy groups -OCH3 is 2. The van der Waals surface area contributed by atoms with Gasteiger partial charge in [0.15, 0.2) is 0 Å². The summed E-state index contributed by atoms with van der Waals surface area (Å²) in [5.74, 6) is 2.29. The molecule has 0 fully saturated rings. The van der Waals surface area contributed by atoms with Crippen LogP contribution in [0.2, 0.25) is 0 Å². The van der Waals surface area contributed by atoms with Gasteiger partial charge in [0.1, 0.15) is 35.8 Å². The molecule has 0 aliphatic carbocycles. The monoisotopic (exact) mass is 674 g/mol. The molecule has 0 bridgehead atoms. The van der Waals surface area contributed by atoms with Gasteiger partial charge in [0.2, 0.25) is 11.1 Å². The minimum absolute atomic E-state index is 0.120. The lowest BCUT2D eigenvalue weighted by molar-refractivity contribution is -0.115. The van der Waals surface area contributed by atoms with Gasteiger partial charge in [-0.25, -0.2) is 19.9 Å². The summed E-state index contributed by atoms with van der Waals surface area (Å²) in [5, 5.41) is 2.49. The van der Waals surface area contributed by atoms with Crippen LogP contribution < -0.4 is 20.5 Å². The van der Waals surface area contributed by atoms with E-state index >= 15 is 0 Å². The van der Waals surface area contributed by atoms with E-state index in [4.69, 9.17) is 26.8 Å². The Morgan fingerprint density at radius 2 is 1.10 bits per heavy atom. The number of hydrogen-bond donors (Lipinski definition) is 2. The Hall–Kier alpha value is -6.13. The molecule has 0 saturated heterocycles. The molecule has 248 valence electrons. The number of nitrogens with two attached hydrogens (primary N) is 1. The number of anilines is 2. The van der Waals surface area contributed by atoms with Crippen molar-refractivity contribution in [2.45, 2.75) is 12.8 Å². The van der Waals surface area contributed by atoms with Crippen molar-refractivity contribution in [3.05, 3.63) is 145 Å². The van der Waals surface area contributed by atoms with Crippen molar-refractivity contribution in [1.29, 1.82) is 0 Å². The number of carbonyl (C=O) groups excluding carboxylic acids is 2. The molecule has 0 atom stereocenters. The Morgan fingerprint density at radius 3 is 1.61 bits per heavy atom. The second-order valence-electron chi connectivity index (χ2n) is 10.2. The van der Waals surface area contributed by atoms with Gasteiger partial charge in [-0.3, -0.25) is 9.59 Å². The summed E-state index contributed by atoms with van der Waals surface area (Å²) in [5.41, 5.74) is 10.7. The van der Waals surface area contributed by atoms with Crippen molar-refractivity contribution in [3.8, 4) is 34.0 Å². The lowest BCUT2D eigenvalue weighted by atomic mass is 10.1. The molecule has 0 spiro atoms. The first kappa shape index (κ1) is 35.7. The summed E-state index contributed by atoms with van der Waals surface area (Å²) in [7, 11) is 3.24. The quantitative estimate of drug-likeness (QED) is 0.154. The molecular weight excluding hydrogens is 640 g/mol. The van der Waals surface area contributed by atoms with E-state index in [1.54, 1.807) is 26.4 Å². The molecule has 3 N–H and O–H groups in total. The minimum Gasteiger partial charge on any atom is -0.496 e. The van der Waals surface area contributed by atoms with Crippen molar-refractivity contribution in [2.24, 2.45) is 0 Å². The number of halogens is 1. The molecule has 2 heterocycles. The number of carbonyl (C=O) groups is 2. The molecule has 0 aliphatic rings. The van der Waals surface area contributed by atoms with E-state index in [1.807, 2.05) is 109 Å². The van der Waals surface area contributed by atoms with Crippen LogP contribution in [-0.4, -0.2) is 45.3 Å². The summed E-state index contributed by atoms with van der Waals surface area (Å²) in [6, 6.07) is 37.7. The molecule has 0 unspecified atom stereocenters. The molecule has 11 heteroatoms. The first-order valence-electron chi connectivity index (χ1n) is 15.1. The number of nitrogens with zero attached hydrogens (tertiary/aromatic N) is 4. The van der Waals surface area contributed by atoms with Gasteiger partial charge in [-0.1, -0.05) is 84.9 Å². The number of rotatable bonds is 9. The number of hydrogen-bond acceptors (Lipinski definition) is 9. The third-order valence-electron chi connectivity index (χ3n) is 6.78. The van der Waals surface area contributed by atoms with Crippen molar-refractivity contribution in [3.63, 3.8) is 0 Å². The number of amides is 1. The Bertz CT molecular complexity index is 1940. The highest BCUT2D eigenvalue weighted by Crippen LogP contribution is 2.29. The van der Waals surface area contributed by atoms with Gasteiger partial charge in [-0.05, 0) is 47.0 Å². The Morgan fingerprint density at radius 1 is 0.633 bits per heavy atom. The number of ether oxygens (including phenoxy) is 2. The number of aromatic nitrogens is 4. The van der Waals surface area contributed by atoms with Gasteiger partial charge in [-0.15, -0.1) is 0 Å². The summed E-state index contributed by atoms with van der Waals surface area (Å²) in [4.78, 5) is 38.9. The smallest absolute Gasteiger partial charge is 0.229 e. The van der Waals surface area contributed by atoms with Crippen LogP contribution in [0, 0.1) is 0 Å². The molecule has 0 aliphatic heterocycles. The molecule has 10 nitrogen and oxygen atoms in total. The fourth-order valence-electron chi connectivity index (χ4n) is 4.53. The standard InChI is InChI=1S/C19H17N3O2.C11H11N3O.C8H7ClO/c1-24-17-10-6-5-9-15(17)16-12-18(21-13-20-16)22-19(23)11-14-7-3-2-4-8-14;1-15-10-5-3-2-4-8(10)9-6-11(12)14-7-13-9;9-8(10)6-7-4-2-1-3-5-7/h2-10,12-13H,11H2,1H3,(H,20,21,22,23);2-7H,1H3,(H2,12,13,14);1-5H,6H2. The molecule has 2 aromatic heterocycles. The van der Waals surface area contributed by atoms with Crippen LogP contribution in [0.3, 0.4) is 0 Å². The molecule has 4 aromatic carbocycles. The summed E-state index contributed by atoms with van der Waals surface area (Å²) >= 11 is 5.17. The molecule has 0 radical (unpaired) electrons. The molecule has 6 aromatic rings. The lowest BCUT2D eigenvalue weighted by Gasteiger charge is -2.09. The Labute approximate surface area is 290 Å². The zero-order valence-corrected chi connectivity index (χ0v) is 27.7. The normalized spacial score (nSPS) is 9.94. The topological polar surface area (TPSA) is 142 Å². The van der Waals surface area contributed by atoms with Crippen molar-refractivity contribution in [2.75, 3.05) is 25.3 Å². The third kappa shape index (κ3) is 11.6. The van der Waals surface area contributed by atoms with Gasteiger partial charge in [-0.2, -0.15) is 0 Å². The first-order valence-corrected chi connectivity index (χ1v) is 15.5. The largest absolute Gasteiger partial charge is 0.496 e. The maximum Gasteiger partial charge on any atom is 0.229 e. The highest BCUT2D eigenvalue weighted by atomic mass is 35.5. The lowest BCUT2D eigenvalue weighted by Crippen LogP contribution is -2.15. The number of nitrogen functional groups attached to an aromatic ring is 1. The fraction of sp³-hybridized carbons (Fsp3) is 0.105. The van der Waals surface area contributed by atoms with Gasteiger partial charge in [0.05, 0.1) is 32.0 Å². The molecule has 0 saturated carbocycles. The predicted octanol–water partition coefficient (Wildman–Crippen LogP) is 7.06. The zero-order chi connectivity index (χ0) is 34.8. The van der Waals surface area contributed by atoms with E-state index < -0.39 is 0 Å². The average molecular weight is 675 g/mol. The van der Waals surface area contributed by atoms with E-state index in [1.165, 1.54) is 12.7 Å². The molecule has 1 amide bonds. The van der Waals surface area contributed by atoms with Crippen LogP contribution in [0.25, 0.3) is 22.5 Å². The van der Waals surface area contributed by atoms with Crippen LogP contribution in [0.4, 0.5) is 11.6 Å². The molecule has 49 heavy (non-hydrogen) atoms. The zero-order valence-electron chi connectivity index (χ0n) is 27.0. The summed E-state index contributed by atoms with van der Waals surface area (Å²) in [6.07, 6.45) is 3.49. The Kier molecular flexibility index (Phi) is 13.8. The highest BCUT2D eigenvalue weighted by Gasteiger charge is 2.10. The second-order valence-corrected chi connectivity index (χ2v) is 10.7. The van der Waals surface area contributed by atoms with Crippen molar-refractivity contribution >= 4 is 34.4 Å². The number of para-hydroxylation sites is 2. The maximum absolute atomic E-state index is 12.2. The van der Waals surface area contributed by atoms with E-state index in [-0.39, 0.29) is 11.1 Å². The third-order valence-corrected chi connectivity index (χ3v) is 6.92. The van der Waals surface area contributed by atoms with E-state index in [2.05, 4.69) is 25.3 Å². The van der Waals surface area contributed by atoms with E-state index in [0.29, 0.717) is 30.2 Å². The van der Waals surface area contributed by atoms with Crippen LogP contribution in [0.5, 0.6) is 11.5 Å². The molecule has 6 rings (SSSR count). The average Bonchev–Trinajstić information content (AvgIpc) is 3.13.